The molecule has 0 aliphatic heterocycles. The molecule has 0 spiro atoms. The fourth-order valence-corrected chi connectivity index (χ4v) is 0.780. The Bertz CT molecular complexity index is 324. The summed E-state index contributed by atoms with van der Waals surface area (Å²) in [6, 6.07) is 2.79. The van der Waals surface area contributed by atoms with E-state index in [2.05, 4.69) is 4.74 Å². The van der Waals surface area contributed by atoms with Gasteiger partial charge in [-0.1, -0.05) is 6.07 Å². The maximum Gasteiger partial charge on any atom is 0.515 e. The van der Waals surface area contributed by atoms with Crippen molar-refractivity contribution in [2.45, 2.75) is 0 Å². The van der Waals surface area contributed by atoms with Gasteiger partial charge in [-0.15, -0.1) is 0 Å². The van der Waals surface area contributed by atoms with Crippen molar-refractivity contribution in [2.24, 2.45) is 0 Å². The van der Waals surface area contributed by atoms with Gasteiger partial charge in [0.05, 0.1) is 6.51 Å². The van der Waals surface area contributed by atoms with E-state index in [-0.39, 0.29) is 0 Å². The number of benzene rings is 1. The van der Waals surface area contributed by atoms with E-state index in [0.717, 1.165) is 18.2 Å². The summed E-state index contributed by atoms with van der Waals surface area (Å²) in [6.07, 6.45) is 0. The first-order valence-corrected chi connectivity index (χ1v) is 3.68. The highest BCUT2D eigenvalue weighted by atomic mass is 19.4. The predicted octanol–water partition coefficient (Wildman–Crippen LogP) is 2.73. The van der Waals surface area contributed by atoms with E-state index in [0.29, 0.717) is 0 Å². The molecule has 0 bridgehead atoms. The molecule has 1 aromatic carbocycles. The zero-order valence-electron chi connectivity index (χ0n) is 6.81. The molecule has 0 radical (unpaired) electrons. The molecule has 0 fully saturated rings. The van der Waals surface area contributed by atoms with E-state index >= 15 is 0 Å². The van der Waals surface area contributed by atoms with Gasteiger partial charge in [0.15, 0.2) is 17.4 Å². The third-order valence-corrected chi connectivity index (χ3v) is 1.34. The van der Waals surface area contributed by atoms with Crippen molar-refractivity contribution < 1.29 is 26.5 Å². The Morgan fingerprint density at radius 1 is 1.14 bits per heavy atom. The van der Waals surface area contributed by atoms with Crippen molar-refractivity contribution in [3.8, 4) is 5.75 Å². The number of rotatable bonds is 3. The van der Waals surface area contributed by atoms with Crippen molar-refractivity contribution in [1.82, 2.24) is 0 Å². The molecule has 0 aromatic heterocycles. The molecule has 0 heterocycles. The molecule has 1 rings (SSSR count). The Kier molecular flexibility index (Phi) is 2.98. The van der Waals surface area contributed by atoms with Crippen LogP contribution in [0.2, 0.25) is 0 Å². The summed E-state index contributed by atoms with van der Waals surface area (Å²) < 4.78 is 64.3. The summed E-state index contributed by atoms with van der Waals surface area (Å²) in [6.45, 7) is -6.75. The Labute approximate surface area is 76.5 Å². The van der Waals surface area contributed by atoms with E-state index in [1.165, 1.54) is 0 Å². The lowest BCUT2D eigenvalue weighted by molar-refractivity contribution is 0.296. The number of hydrogen-bond acceptors (Lipinski definition) is 1. The quantitative estimate of drug-likeness (QED) is 0.551. The molecule has 0 amide bonds. The normalized spacial score (nSPS) is 11.5. The van der Waals surface area contributed by atoms with Crippen LogP contribution in [-0.2, 0) is 0 Å². The van der Waals surface area contributed by atoms with E-state index in [4.69, 9.17) is 0 Å². The molecule has 0 N–H and O–H groups in total. The first-order chi connectivity index (χ1) is 6.40. The van der Waals surface area contributed by atoms with Crippen LogP contribution in [0.3, 0.4) is 0 Å². The van der Waals surface area contributed by atoms with Crippen LogP contribution >= 0.6 is 0 Å². The molecule has 78 valence electrons. The second-order valence-electron chi connectivity index (χ2n) is 2.57. The molecule has 0 aliphatic rings. The molecule has 0 aliphatic carbocycles. The maximum atomic E-state index is 12.7. The fourth-order valence-electron chi connectivity index (χ4n) is 0.780. The van der Waals surface area contributed by atoms with E-state index in [1.807, 2.05) is 0 Å². The monoisotopic (exact) mass is 211 g/mol. The second kappa shape index (κ2) is 3.85. The third-order valence-electron chi connectivity index (χ3n) is 1.34. The zero-order chi connectivity index (χ0) is 10.8. The molecule has 14 heavy (non-hydrogen) atoms. The number of halogens is 5. The van der Waals surface area contributed by atoms with E-state index in [1.54, 1.807) is 0 Å². The lowest BCUT2D eigenvalue weighted by Crippen LogP contribution is -2.26. The minimum atomic E-state index is -5.17. The summed E-state index contributed by atoms with van der Waals surface area (Å²) in [7, 11) is 0. The average Bonchev–Trinajstić information content (AvgIpc) is 2.06. The van der Waals surface area contributed by atoms with Gasteiger partial charge >= 0.3 is 6.98 Å². The zero-order valence-corrected chi connectivity index (χ0v) is 6.81. The molecule has 1 nitrogen and oxygen atoms in total. The molecule has 0 saturated heterocycles. The van der Waals surface area contributed by atoms with Gasteiger partial charge in [0.25, 0.3) is 0 Å². The van der Waals surface area contributed by atoms with Crippen LogP contribution in [0.4, 0.5) is 21.7 Å². The van der Waals surface area contributed by atoms with Gasteiger partial charge in [-0.25, -0.2) is 4.39 Å². The fraction of sp³-hybridized carbons (Fsp3) is 0.143. The standard InChI is InChI=1S/C7H5BF5O/c9-5-2-1-3-6(7(5)10)14-4-8(11,12)13/h1-3H,4H2/q-1. The molecule has 7 heteroatoms. The van der Waals surface area contributed by atoms with Gasteiger partial charge in [-0.3, -0.25) is 0 Å². The summed E-state index contributed by atoms with van der Waals surface area (Å²) in [5.74, 6) is -3.38. The van der Waals surface area contributed by atoms with Crippen molar-refractivity contribution >= 4 is 6.98 Å². The van der Waals surface area contributed by atoms with Gasteiger partial charge in [-0.05, 0) is 12.1 Å². The summed E-state index contributed by atoms with van der Waals surface area (Å²) in [4.78, 5) is 0. The third kappa shape index (κ3) is 2.90. The summed E-state index contributed by atoms with van der Waals surface area (Å²) >= 11 is 0. The number of hydrogen-bond donors (Lipinski definition) is 0. The van der Waals surface area contributed by atoms with Crippen molar-refractivity contribution in [1.29, 1.82) is 0 Å². The molecule has 0 saturated carbocycles. The van der Waals surface area contributed by atoms with Crippen LogP contribution in [0.1, 0.15) is 0 Å². The lowest BCUT2D eigenvalue weighted by atomic mass is 9.95. The van der Waals surface area contributed by atoms with Crippen LogP contribution in [-0.4, -0.2) is 13.5 Å². The summed E-state index contributed by atoms with van der Waals surface area (Å²) in [5, 5.41) is 0. The SMILES string of the molecule is Fc1cccc(OC[B-](F)(F)F)c1F. The number of ether oxygens (including phenoxy) is 1. The van der Waals surface area contributed by atoms with Crippen LogP contribution in [0.15, 0.2) is 18.2 Å². The van der Waals surface area contributed by atoms with Crippen molar-refractivity contribution in [3.05, 3.63) is 29.8 Å². The minimum Gasteiger partial charge on any atom is -0.519 e. The first kappa shape index (κ1) is 10.8. The van der Waals surface area contributed by atoms with Gasteiger partial charge in [0.2, 0.25) is 0 Å². The molecule has 0 unspecified atom stereocenters. The van der Waals surface area contributed by atoms with Crippen LogP contribution in [0, 0.1) is 11.6 Å². The van der Waals surface area contributed by atoms with E-state index < -0.39 is 30.9 Å². The van der Waals surface area contributed by atoms with Crippen LogP contribution in [0.25, 0.3) is 0 Å². The molecular weight excluding hydrogens is 206 g/mol. The molecule has 1 aromatic rings. The molecule has 0 atom stereocenters. The highest BCUT2D eigenvalue weighted by Gasteiger charge is 2.25. The Balaban J connectivity index is 2.73. The Hall–Kier alpha value is -1.27. The van der Waals surface area contributed by atoms with Crippen molar-refractivity contribution in [3.63, 3.8) is 0 Å². The maximum absolute atomic E-state index is 12.7. The van der Waals surface area contributed by atoms with Gasteiger partial charge in [0.1, 0.15) is 0 Å². The predicted molar refractivity (Wildman–Crippen MR) is 40.9 cm³/mol. The summed E-state index contributed by atoms with van der Waals surface area (Å²) in [5.41, 5.74) is 0. The van der Waals surface area contributed by atoms with Gasteiger partial charge < -0.3 is 17.7 Å². The Morgan fingerprint density at radius 2 is 1.79 bits per heavy atom. The second-order valence-corrected chi connectivity index (χ2v) is 2.57. The van der Waals surface area contributed by atoms with Gasteiger partial charge in [-0.2, -0.15) is 4.39 Å². The Morgan fingerprint density at radius 3 is 2.36 bits per heavy atom. The highest BCUT2D eigenvalue weighted by molar-refractivity contribution is 6.58. The van der Waals surface area contributed by atoms with E-state index in [9.17, 15) is 21.7 Å². The first-order valence-electron chi connectivity index (χ1n) is 3.68. The van der Waals surface area contributed by atoms with Gasteiger partial charge in [0, 0.05) is 0 Å². The minimum absolute atomic E-state index is 0.732. The molecular formula is C7H5BF5O-. The van der Waals surface area contributed by atoms with Crippen molar-refractivity contribution in [2.75, 3.05) is 6.51 Å². The smallest absolute Gasteiger partial charge is 0.515 e. The van der Waals surface area contributed by atoms with Crippen LogP contribution < -0.4 is 4.74 Å². The average molecular weight is 211 g/mol. The highest BCUT2D eigenvalue weighted by Crippen LogP contribution is 2.20. The van der Waals surface area contributed by atoms with Crippen LogP contribution in [0.5, 0.6) is 5.75 Å². The lowest BCUT2D eigenvalue weighted by Gasteiger charge is -2.15. The largest absolute Gasteiger partial charge is 0.519 e. The topological polar surface area (TPSA) is 9.23 Å².